The van der Waals surface area contributed by atoms with Crippen LogP contribution in [0.25, 0.3) is 0 Å². The van der Waals surface area contributed by atoms with E-state index in [1.54, 1.807) is 24.1 Å². The molecule has 5 nitrogen and oxygen atoms in total. The maximum absolute atomic E-state index is 12.2. The van der Waals surface area contributed by atoms with Crippen molar-refractivity contribution in [3.63, 3.8) is 0 Å². The number of benzene rings is 1. The van der Waals surface area contributed by atoms with E-state index in [4.69, 9.17) is 9.47 Å². The number of phenols is 1. The average molecular weight is 279 g/mol. The SMILES string of the molecule is COc1ccc(C(=O)N(C)CCOCC2CC2)cc1O. The molecule has 0 atom stereocenters. The first-order chi connectivity index (χ1) is 9.61. The molecule has 1 aromatic carbocycles. The number of carbonyl (C=O) groups excluding carboxylic acids is 1. The lowest BCUT2D eigenvalue weighted by Gasteiger charge is -2.17. The molecule has 110 valence electrons. The van der Waals surface area contributed by atoms with Gasteiger partial charge in [0.25, 0.3) is 5.91 Å². The number of rotatable bonds is 7. The summed E-state index contributed by atoms with van der Waals surface area (Å²) in [6.45, 7) is 1.88. The summed E-state index contributed by atoms with van der Waals surface area (Å²) in [4.78, 5) is 13.7. The molecule has 1 aliphatic carbocycles. The zero-order valence-electron chi connectivity index (χ0n) is 12.0. The van der Waals surface area contributed by atoms with Gasteiger partial charge in [0.15, 0.2) is 11.5 Å². The molecule has 1 saturated carbocycles. The van der Waals surface area contributed by atoms with Crippen LogP contribution in [0.3, 0.4) is 0 Å². The summed E-state index contributed by atoms with van der Waals surface area (Å²) in [6, 6.07) is 4.64. The van der Waals surface area contributed by atoms with E-state index in [0.717, 1.165) is 12.5 Å². The minimum Gasteiger partial charge on any atom is -0.504 e. The summed E-state index contributed by atoms with van der Waals surface area (Å²) in [5, 5.41) is 9.68. The highest BCUT2D eigenvalue weighted by Gasteiger charge is 2.21. The van der Waals surface area contributed by atoms with E-state index in [9.17, 15) is 9.90 Å². The predicted octanol–water partition coefficient (Wildman–Crippen LogP) is 1.90. The second-order valence-electron chi connectivity index (χ2n) is 5.13. The molecule has 0 unspecified atom stereocenters. The first-order valence-corrected chi connectivity index (χ1v) is 6.82. The average Bonchev–Trinajstić information content (AvgIpc) is 3.26. The Labute approximate surface area is 119 Å². The molecule has 0 bridgehead atoms. The molecule has 1 amide bonds. The number of hydrogen-bond acceptors (Lipinski definition) is 4. The van der Waals surface area contributed by atoms with Gasteiger partial charge in [-0.25, -0.2) is 0 Å². The second kappa shape index (κ2) is 6.61. The van der Waals surface area contributed by atoms with E-state index in [1.165, 1.54) is 26.0 Å². The number of amides is 1. The lowest BCUT2D eigenvalue weighted by Crippen LogP contribution is -2.30. The van der Waals surface area contributed by atoms with Gasteiger partial charge in [-0.2, -0.15) is 0 Å². The minimum atomic E-state index is -0.141. The van der Waals surface area contributed by atoms with Gasteiger partial charge < -0.3 is 19.5 Å². The lowest BCUT2D eigenvalue weighted by molar-refractivity contribution is 0.0680. The van der Waals surface area contributed by atoms with Crippen molar-refractivity contribution in [1.29, 1.82) is 0 Å². The molecule has 2 rings (SSSR count). The normalized spacial score (nSPS) is 14.1. The highest BCUT2D eigenvalue weighted by molar-refractivity contribution is 5.94. The van der Waals surface area contributed by atoms with Crippen LogP contribution in [0.15, 0.2) is 18.2 Å². The van der Waals surface area contributed by atoms with Crippen LogP contribution in [0.4, 0.5) is 0 Å². The lowest BCUT2D eigenvalue weighted by atomic mass is 10.2. The monoisotopic (exact) mass is 279 g/mol. The van der Waals surface area contributed by atoms with Crippen LogP contribution in [0.2, 0.25) is 0 Å². The van der Waals surface area contributed by atoms with Gasteiger partial charge in [-0.1, -0.05) is 0 Å². The fourth-order valence-electron chi connectivity index (χ4n) is 1.88. The van der Waals surface area contributed by atoms with Gasteiger partial charge in [0.05, 0.1) is 13.7 Å². The van der Waals surface area contributed by atoms with E-state index in [0.29, 0.717) is 24.5 Å². The molecule has 0 aromatic heterocycles. The standard InChI is InChI=1S/C15H21NO4/c1-16(7-8-20-10-11-3-4-11)15(18)12-5-6-14(19-2)13(17)9-12/h5-6,9,11,17H,3-4,7-8,10H2,1-2H3. The quantitative estimate of drug-likeness (QED) is 0.774. The van der Waals surface area contributed by atoms with Crippen molar-refractivity contribution >= 4 is 5.91 Å². The number of hydrogen-bond donors (Lipinski definition) is 1. The Bertz CT molecular complexity index is 471. The second-order valence-corrected chi connectivity index (χ2v) is 5.13. The number of ether oxygens (including phenoxy) is 2. The van der Waals surface area contributed by atoms with Crippen LogP contribution in [-0.2, 0) is 4.74 Å². The van der Waals surface area contributed by atoms with Gasteiger partial charge in [0.1, 0.15) is 0 Å². The first-order valence-electron chi connectivity index (χ1n) is 6.82. The third-order valence-corrected chi connectivity index (χ3v) is 3.39. The van der Waals surface area contributed by atoms with Crippen LogP contribution < -0.4 is 4.74 Å². The highest BCUT2D eigenvalue weighted by Crippen LogP contribution is 2.28. The van der Waals surface area contributed by atoms with Crippen molar-refractivity contribution in [1.82, 2.24) is 4.90 Å². The van der Waals surface area contributed by atoms with Crippen LogP contribution in [0, 0.1) is 5.92 Å². The van der Waals surface area contributed by atoms with Gasteiger partial charge in [-0.15, -0.1) is 0 Å². The summed E-state index contributed by atoms with van der Waals surface area (Å²) in [5.41, 5.74) is 0.438. The summed E-state index contributed by atoms with van der Waals surface area (Å²) < 4.78 is 10.5. The van der Waals surface area contributed by atoms with E-state index in [1.807, 2.05) is 0 Å². The summed E-state index contributed by atoms with van der Waals surface area (Å²) in [5.74, 6) is 0.918. The fourth-order valence-corrected chi connectivity index (χ4v) is 1.88. The third kappa shape index (κ3) is 3.87. The molecule has 20 heavy (non-hydrogen) atoms. The maximum Gasteiger partial charge on any atom is 0.253 e. The first kappa shape index (κ1) is 14.7. The van der Waals surface area contributed by atoms with E-state index in [2.05, 4.69) is 0 Å². The Balaban J connectivity index is 1.83. The van der Waals surface area contributed by atoms with Gasteiger partial charge in [0, 0.05) is 25.8 Å². The van der Waals surface area contributed by atoms with Crippen molar-refractivity contribution in [2.75, 3.05) is 33.9 Å². The molecule has 5 heteroatoms. The number of methoxy groups -OCH3 is 1. The molecule has 0 spiro atoms. The molecule has 0 heterocycles. The Morgan fingerprint density at radius 2 is 2.20 bits per heavy atom. The summed E-state index contributed by atoms with van der Waals surface area (Å²) >= 11 is 0. The number of carbonyl (C=O) groups is 1. The molecular formula is C15H21NO4. The largest absolute Gasteiger partial charge is 0.504 e. The van der Waals surface area contributed by atoms with Crippen molar-refractivity contribution in [3.8, 4) is 11.5 Å². The summed E-state index contributed by atoms with van der Waals surface area (Å²) in [7, 11) is 3.20. The van der Waals surface area contributed by atoms with Crippen LogP contribution in [0.5, 0.6) is 11.5 Å². The van der Waals surface area contributed by atoms with Gasteiger partial charge in [0.2, 0.25) is 0 Å². The third-order valence-electron chi connectivity index (χ3n) is 3.39. The van der Waals surface area contributed by atoms with Crippen LogP contribution in [-0.4, -0.2) is 49.8 Å². The van der Waals surface area contributed by atoms with Crippen LogP contribution in [0.1, 0.15) is 23.2 Å². The Morgan fingerprint density at radius 1 is 1.45 bits per heavy atom. The number of likely N-dealkylation sites (N-methyl/N-ethyl adjacent to an activating group) is 1. The Morgan fingerprint density at radius 3 is 2.80 bits per heavy atom. The molecule has 1 N–H and O–H groups in total. The van der Waals surface area contributed by atoms with Gasteiger partial charge in [-0.3, -0.25) is 4.79 Å². The fraction of sp³-hybridized carbons (Fsp3) is 0.533. The molecule has 0 saturated heterocycles. The van der Waals surface area contributed by atoms with Crippen molar-refractivity contribution < 1.29 is 19.4 Å². The highest BCUT2D eigenvalue weighted by atomic mass is 16.5. The van der Waals surface area contributed by atoms with E-state index in [-0.39, 0.29) is 11.7 Å². The van der Waals surface area contributed by atoms with Gasteiger partial charge in [-0.05, 0) is 37.0 Å². The minimum absolute atomic E-state index is 0.0308. The van der Waals surface area contributed by atoms with Gasteiger partial charge >= 0.3 is 0 Å². The molecule has 1 fully saturated rings. The Hall–Kier alpha value is -1.75. The van der Waals surface area contributed by atoms with Crippen molar-refractivity contribution in [2.24, 2.45) is 5.92 Å². The van der Waals surface area contributed by atoms with E-state index < -0.39 is 0 Å². The topological polar surface area (TPSA) is 59.0 Å². The predicted molar refractivity (Wildman–Crippen MR) is 75.2 cm³/mol. The maximum atomic E-state index is 12.2. The Kier molecular flexibility index (Phi) is 4.84. The molecular weight excluding hydrogens is 258 g/mol. The zero-order valence-corrected chi connectivity index (χ0v) is 12.0. The van der Waals surface area contributed by atoms with Crippen LogP contribution >= 0.6 is 0 Å². The molecule has 0 aliphatic heterocycles. The number of aromatic hydroxyl groups is 1. The smallest absolute Gasteiger partial charge is 0.253 e. The molecule has 0 radical (unpaired) electrons. The van der Waals surface area contributed by atoms with E-state index >= 15 is 0 Å². The molecule has 1 aliphatic rings. The van der Waals surface area contributed by atoms with Crippen molar-refractivity contribution in [3.05, 3.63) is 23.8 Å². The molecule has 1 aromatic rings. The number of nitrogens with zero attached hydrogens (tertiary/aromatic N) is 1. The summed E-state index contributed by atoms with van der Waals surface area (Å²) in [6.07, 6.45) is 2.53. The van der Waals surface area contributed by atoms with Crippen molar-refractivity contribution in [2.45, 2.75) is 12.8 Å². The zero-order chi connectivity index (χ0) is 14.5. The number of phenolic OH excluding ortho intramolecular Hbond substituents is 1.